The lowest BCUT2D eigenvalue weighted by Crippen LogP contribution is -2.06. The first-order valence-corrected chi connectivity index (χ1v) is 6.80. The molecule has 0 bridgehead atoms. The van der Waals surface area contributed by atoms with Crippen LogP contribution in [0.25, 0.3) is 0 Å². The first kappa shape index (κ1) is 18.1. The minimum atomic E-state index is -0.579. The molecule has 0 saturated heterocycles. The van der Waals surface area contributed by atoms with E-state index in [1.807, 2.05) is 6.92 Å². The van der Waals surface area contributed by atoms with Gasteiger partial charge in [0.1, 0.15) is 0 Å². The molecule has 0 radical (unpaired) electrons. The molecule has 0 spiro atoms. The lowest BCUT2D eigenvalue weighted by atomic mass is 10.1. The minimum absolute atomic E-state index is 0.237. The third-order valence-electron chi connectivity index (χ3n) is 2.45. The van der Waals surface area contributed by atoms with E-state index in [0.29, 0.717) is 12.2 Å². The summed E-state index contributed by atoms with van der Waals surface area (Å²) in [4.78, 5) is 30.9. The van der Waals surface area contributed by atoms with E-state index in [1.165, 1.54) is 19.3 Å². The zero-order chi connectivity index (χ0) is 15.4. The Kier molecular flexibility index (Phi) is 9.92. The minimum Gasteiger partial charge on any atom is -0.463 e. The van der Waals surface area contributed by atoms with Crippen LogP contribution in [0.3, 0.4) is 0 Å². The molecular weight excluding hydrogens is 260 g/mol. The van der Waals surface area contributed by atoms with Crippen molar-refractivity contribution in [3.05, 3.63) is 24.3 Å². The maximum absolute atomic E-state index is 11.1. The Morgan fingerprint density at radius 3 is 2.15 bits per heavy atom. The van der Waals surface area contributed by atoms with Crippen molar-refractivity contribution in [1.29, 1.82) is 0 Å². The van der Waals surface area contributed by atoms with Crippen LogP contribution < -0.4 is 0 Å². The van der Waals surface area contributed by atoms with Crippen molar-refractivity contribution >= 4 is 17.9 Å². The summed E-state index contributed by atoms with van der Waals surface area (Å²) in [5.74, 6) is -1.39. The number of rotatable bonds is 7. The van der Waals surface area contributed by atoms with Crippen molar-refractivity contribution in [2.45, 2.75) is 46.0 Å². The van der Waals surface area contributed by atoms with Gasteiger partial charge in [-0.05, 0) is 19.8 Å². The van der Waals surface area contributed by atoms with Gasteiger partial charge in [0, 0.05) is 17.7 Å². The molecule has 1 aliphatic heterocycles. The second kappa shape index (κ2) is 11.0. The monoisotopic (exact) mass is 282 g/mol. The van der Waals surface area contributed by atoms with Gasteiger partial charge in [-0.15, -0.1) is 0 Å². The SMILES string of the molecule is C=C(CCCCCC)C(=O)OCC.O=C1C=CC(=O)O1. The van der Waals surface area contributed by atoms with E-state index in [1.54, 1.807) is 0 Å². The number of esters is 3. The van der Waals surface area contributed by atoms with Crippen LogP contribution in [-0.4, -0.2) is 24.5 Å². The molecule has 0 aromatic heterocycles. The van der Waals surface area contributed by atoms with Crippen LogP contribution >= 0.6 is 0 Å². The van der Waals surface area contributed by atoms with Crippen LogP contribution in [0.5, 0.6) is 0 Å². The molecule has 5 nitrogen and oxygen atoms in total. The molecule has 0 unspecified atom stereocenters. The topological polar surface area (TPSA) is 69.7 Å². The largest absolute Gasteiger partial charge is 0.463 e. The summed E-state index contributed by atoms with van der Waals surface area (Å²) in [6, 6.07) is 0. The van der Waals surface area contributed by atoms with Gasteiger partial charge in [-0.3, -0.25) is 0 Å². The predicted molar refractivity (Wildman–Crippen MR) is 74.8 cm³/mol. The molecule has 1 heterocycles. The van der Waals surface area contributed by atoms with Gasteiger partial charge in [0.25, 0.3) is 0 Å². The Morgan fingerprint density at radius 2 is 1.75 bits per heavy atom. The molecule has 0 aliphatic carbocycles. The summed E-state index contributed by atoms with van der Waals surface area (Å²) >= 11 is 0. The van der Waals surface area contributed by atoms with Crippen LogP contribution in [0.1, 0.15) is 46.0 Å². The number of cyclic esters (lactones) is 2. The molecule has 0 atom stereocenters. The Bertz CT molecular complexity index is 366. The zero-order valence-electron chi connectivity index (χ0n) is 12.1. The predicted octanol–water partition coefficient (Wildman–Crippen LogP) is 2.70. The van der Waals surface area contributed by atoms with Gasteiger partial charge < -0.3 is 9.47 Å². The van der Waals surface area contributed by atoms with Crippen molar-refractivity contribution < 1.29 is 23.9 Å². The number of ether oxygens (including phenoxy) is 2. The molecule has 112 valence electrons. The molecule has 0 amide bonds. The van der Waals surface area contributed by atoms with Gasteiger partial charge >= 0.3 is 17.9 Å². The van der Waals surface area contributed by atoms with E-state index in [0.717, 1.165) is 25.0 Å². The first-order valence-electron chi connectivity index (χ1n) is 6.80. The van der Waals surface area contributed by atoms with E-state index < -0.39 is 11.9 Å². The van der Waals surface area contributed by atoms with E-state index in [4.69, 9.17) is 4.74 Å². The lowest BCUT2D eigenvalue weighted by molar-refractivity contribution is -0.150. The number of hydrogen-bond donors (Lipinski definition) is 0. The van der Waals surface area contributed by atoms with Gasteiger partial charge in [-0.2, -0.15) is 0 Å². The quantitative estimate of drug-likeness (QED) is 0.311. The lowest BCUT2D eigenvalue weighted by Gasteiger charge is -2.04. The van der Waals surface area contributed by atoms with Gasteiger partial charge in [0.15, 0.2) is 0 Å². The van der Waals surface area contributed by atoms with Crippen LogP contribution in [0.2, 0.25) is 0 Å². The van der Waals surface area contributed by atoms with Gasteiger partial charge in [-0.25, -0.2) is 14.4 Å². The van der Waals surface area contributed by atoms with E-state index in [2.05, 4.69) is 18.2 Å². The second-order valence-electron chi connectivity index (χ2n) is 4.21. The normalized spacial score (nSPS) is 12.5. The Balaban J connectivity index is 0.000000428. The summed E-state index contributed by atoms with van der Waals surface area (Å²) in [5, 5.41) is 0. The molecular formula is C15H22O5. The van der Waals surface area contributed by atoms with E-state index in [-0.39, 0.29) is 5.97 Å². The highest BCUT2D eigenvalue weighted by Gasteiger charge is 2.10. The van der Waals surface area contributed by atoms with Crippen molar-refractivity contribution in [1.82, 2.24) is 0 Å². The van der Waals surface area contributed by atoms with Crippen molar-refractivity contribution in [2.24, 2.45) is 0 Å². The highest BCUT2D eigenvalue weighted by molar-refractivity contribution is 6.04. The van der Waals surface area contributed by atoms with Crippen LogP contribution in [0, 0.1) is 0 Å². The molecule has 1 rings (SSSR count). The summed E-state index contributed by atoms with van der Waals surface area (Å²) in [6.45, 7) is 8.11. The average molecular weight is 282 g/mol. The standard InChI is InChI=1S/C11H20O2.C4H2O3/c1-4-6-7-8-9-10(3)11(12)13-5-2;5-3-1-2-4(6)7-3/h3-9H2,1-2H3;1-2H. The molecule has 0 N–H and O–H groups in total. The number of unbranched alkanes of at least 4 members (excludes halogenated alkanes) is 3. The fraction of sp³-hybridized carbons (Fsp3) is 0.533. The molecule has 0 saturated carbocycles. The maximum atomic E-state index is 11.1. The molecule has 0 aromatic rings. The molecule has 0 aromatic carbocycles. The van der Waals surface area contributed by atoms with Gasteiger partial charge in [0.2, 0.25) is 0 Å². The van der Waals surface area contributed by atoms with Crippen molar-refractivity contribution in [3.63, 3.8) is 0 Å². The maximum Gasteiger partial charge on any atom is 0.338 e. The second-order valence-corrected chi connectivity index (χ2v) is 4.21. The first-order chi connectivity index (χ1) is 9.51. The van der Waals surface area contributed by atoms with Crippen LogP contribution in [0.15, 0.2) is 24.3 Å². The zero-order valence-corrected chi connectivity index (χ0v) is 12.1. The summed E-state index contributed by atoms with van der Waals surface area (Å²) in [6.07, 6.45) is 7.62. The molecule has 0 fully saturated rings. The number of carbonyl (C=O) groups is 3. The molecule has 20 heavy (non-hydrogen) atoms. The number of hydrogen-bond acceptors (Lipinski definition) is 5. The molecule has 5 heteroatoms. The van der Waals surface area contributed by atoms with Crippen molar-refractivity contribution in [2.75, 3.05) is 6.61 Å². The van der Waals surface area contributed by atoms with Crippen LogP contribution in [0.4, 0.5) is 0 Å². The fourth-order valence-electron chi connectivity index (χ4n) is 1.40. The summed E-state index contributed by atoms with van der Waals surface area (Å²) in [5.41, 5.74) is 0.609. The Morgan fingerprint density at radius 1 is 1.15 bits per heavy atom. The highest BCUT2D eigenvalue weighted by atomic mass is 16.6. The van der Waals surface area contributed by atoms with Gasteiger partial charge in [0.05, 0.1) is 6.61 Å². The highest BCUT2D eigenvalue weighted by Crippen LogP contribution is 2.09. The van der Waals surface area contributed by atoms with Crippen molar-refractivity contribution in [3.8, 4) is 0 Å². The number of carbonyl (C=O) groups excluding carboxylic acids is 3. The summed E-state index contributed by atoms with van der Waals surface area (Å²) in [7, 11) is 0. The Labute approximate surface area is 119 Å². The third-order valence-corrected chi connectivity index (χ3v) is 2.45. The third kappa shape index (κ3) is 9.08. The van der Waals surface area contributed by atoms with Crippen LogP contribution in [-0.2, 0) is 23.9 Å². The molecule has 1 aliphatic rings. The van der Waals surface area contributed by atoms with E-state index >= 15 is 0 Å². The Hall–Kier alpha value is -1.91. The fourth-order valence-corrected chi connectivity index (χ4v) is 1.40. The average Bonchev–Trinajstić information content (AvgIpc) is 2.79. The summed E-state index contributed by atoms with van der Waals surface area (Å²) < 4.78 is 8.79. The van der Waals surface area contributed by atoms with E-state index in [9.17, 15) is 14.4 Å². The smallest absolute Gasteiger partial charge is 0.338 e. The van der Waals surface area contributed by atoms with Gasteiger partial charge in [-0.1, -0.05) is 32.8 Å².